The molecule has 0 bridgehead atoms. The van der Waals surface area contributed by atoms with Gasteiger partial charge in [-0.15, -0.1) is 22.7 Å². The smallest absolute Gasteiger partial charge is 0.0361 e. The molecule has 0 saturated heterocycles. The van der Waals surface area contributed by atoms with Crippen LogP contribution in [0.5, 0.6) is 0 Å². The maximum absolute atomic E-state index is 2.49. The van der Waals surface area contributed by atoms with E-state index in [1.807, 2.05) is 22.7 Å². The zero-order valence-corrected chi connectivity index (χ0v) is 40.7. The lowest BCUT2D eigenvalue weighted by Gasteiger charge is -2.21. The summed E-state index contributed by atoms with van der Waals surface area (Å²) >= 11 is 3.76. The van der Waals surface area contributed by atoms with E-state index in [1.54, 1.807) is 0 Å². The van der Waals surface area contributed by atoms with Gasteiger partial charge in [0.05, 0.1) is 0 Å². The third-order valence-electron chi connectivity index (χ3n) is 15.1. The van der Waals surface area contributed by atoms with Crippen molar-refractivity contribution in [1.29, 1.82) is 0 Å². The van der Waals surface area contributed by atoms with Gasteiger partial charge in [-0.25, -0.2) is 0 Å². The summed E-state index contributed by atoms with van der Waals surface area (Å²) in [4.78, 5) is 0. The molecule has 0 N–H and O–H groups in total. The van der Waals surface area contributed by atoms with Crippen molar-refractivity contribution in [3.05, 3.63) is 255 Å². The second-order valence-corrected chi connectivity index (χ2v) is 21.2. The lowest BCUT2D eigenvalue weighted by atomic mass is 9.82. The first-order valence-electron chi connectivity index (χ1n) is 24.7. The Kier molecular flexibility index (Phi) is 9.41. The van der Waals surface area contributed by atoms with E-state index >= 15 is 0 Å². The summed E-state index contributed by atoms with van der Waals surface area (Å²) in [6.45, 7) is 0. The Hall–Kier alpha value is -8.66. The predicted octanol–water partition coefficient (Wildman–Crippen LogP) is 21.0. The Labute approximate surface area is 425 Å². The van der Waals surface area contributed by atoms with Crippen molar-refractivity contribution in [2.75, 3.05) is 0 Å². The van der Waals surface area contributed by atoms with Gasteiger partial charge in [0.25, 0.3) is 0 Å². The standard InChI is InChI=1S/C70H42S2/c1-3-17-43(18-4-1)49-21-7-8-24-54(49)70-58-28-12-11-27-57(58)69(48-34-36-53-51-23-14-16-30-64(51)72-66(53)42-48)60-38-32-46(40-62(60)70)45-31-37-59-61(39-45)67(44-19-5-2-6-20-44)55-25-9-10-26-56(55)68(59)47-33-35-52-50-22-13-15-29-63(50)71-65(52)41-47/h1-42H. The minimum Gasteiger partial charge on any atom is -0.135 e. The van der Waals surface area contributed by atoms with Gasteiger partial charge in [0.1, 0.15) is 0 Å². The molecular weight excluding hydrogens is 905 g/mol. The highest BCUT2D eigenvalue weighted by Gasteiger charge is 2.22. The third-order valence-corrected chi connectivity index (χ3v) is 17.3. The van der Waals surface area contributed by atoms with E-state index < -0.39 is 0 Å². The molecule has 2 aromatic heterocycles. The average molecular weight is 947 g/mol. The van der Waals surface area contributed by atoms with Gasteiger partial charge in [0.15, 0.2) is 0 Å². The summed E-state index contributed by atoms with van der Waals surface area (Å²) in [7, 11) is 0. The largest absolute Gasteiger partial charge is 0.135 e. The molecule has 0 unspecified atom stereocenters. The van der Waals surface area contributed by atoms with Crippen LogP contribution in [-0.2, 0) is 0 Å². The fraction of sp³-hybridized carbons (Fsp3) is 0. The molecule has 334 valence electrons. The second kappa shape index (κ2) is 16.5. The lowest BCUT2D eigenvalue weighted by molar-refractivity contribution is 1.60. The van der Waals surface area contributed by atoms with E-state index in [4.69, 9.17) is 0 Å². The van der Waals surface area contributed by atoms with Crippen LogP contribution >= 0.6 is 22.7 Å². The van der Waals surface area contributed by atoms with E-state index in [-0.39, 0.29) is 0 Å². The fourth-order valence-corrected chi connectivity index (χ4v) is 14.2. The van der Waals surface area contributed by atoms with Gasteiger partial charge in [-0.2, -0.15) is 0 Å². The highest BCUT2D eigenvalue weighted by atomic mass is 32.1. The second-order valence-electron chi connectivity index (χ2n) is 19.0. The Morgan fingerprint density at radius 3 is 1.01 bits per heavy atom. The molecule has 2 heteroatoms. The number of hydrogen-bond donors (Lipinski definition) is 0. The highest BCUT2D eigenvalue weighted by Crippen LogP contribution is 2.50. The van der Waals surface area contributed by atoms with Gasteiger partial charge >= 0.3 is 0 Å². The van der Waals surface area contributed by atoms with Gasteiger partial charge in [-0.1, -0.05) is 218 Å². The van der Waals surface area contributed by atoms with E-state index in [0.717, 1.165) is 0 Å². The van der Waals surface area contributed by atoms with Crippen LogP contribution in [0.3, 0.4) is 0 Å². The molecule has 0 fully saturated rings. The molecule has 0 saturated carbocycles. The van der Waals surface area contributed by atoms with Crippen molar-refractivity contribution in [1.82, 2.24) is 0 Å². The number of fused-ring (bicyclic) bond motifs is 10. The van der Waals surface area contributed by atoms with E-state index in [2.05, 4.69) is 255 Å². The molecule has 2 heterocycles. The van der Waals surface area contributed by atoms with Crippen molar-refractivity contribution in [2.24, 2.45) is 0 Å². The minimum absolute atomic E-state index is 1.18. The minimum atomic E-state index is 1.18. The van der Waals surface area contributed by atoms with Crippen molar-refractivity contribution in [3.8, 4) is 66.8 Å². The molecule has 0 aliphatic rings. The van der Waals surface area contributed by atoms with E-state index in [1.165, 1.54) is 150 Å². The maximum atomic E-state index is 2.49. The van der Waals surface area contributed by atoms with Crippen LogP contribution in [0, 0.1) is 0 Å². The van der Waals surface area contributed by atoms with E-state index in [0.29, 0.717) is 0 Å². The number of hydrogen-bond acceptors (Lipinski definition) is 2. The average Bonchev–Trinajstić information content (AvgIpc) is 4.02. The molecule has 72 heavy (non-hydrogen) atoms. The summed E-state index contributed by atoms with van der Waals surface area (Å²) < 4.78 is 5.26. The van der Waals surface area contributed by atoms with Crippen molar-refractivity contribution in [2.45, 2.75) is 0 Å². The van der Waals surface area contributed by atoms with Crippen LogP contribution in [0.25, 0.3) is 150 Å². The Balaban J connectivity index is 1.01. The quantitative estimate of drug-likeness (QED) is 0.146. The van der Waals surface area contributed by atoms with Gasteiger partial charge in [0, 0.05) is 40.3 Å². The van der Waals surface area contributed by atoms with Crippen molar-refractivity contribution < 1.29 is 0 Å². The topological polar surface area (TPSA) is 0 Å². The first kappa shape index (κ1) is 41.2. The molecule has 15 aromatic rings. The van der Waals surface area contributed by atoms with Crippen LogP contribution in [0.15, 0.2) is 255 Å². The third kappa shape index (κ3) is 6.43. The van der Waals surface area contributed by atoms with Gasteiger partial charge < -0.3 is 0 Å². The van der Waals surface area contributed by atoms with Gasteiger partial charge in [-0.05, 0) is 146 Å². The molecule has 0 radical (unpaired) electrons. The Morgan fingerprint density at radius 2 is 0.500 bits per heavy atom. The summed E-state index contributed by atoms with van der Waals surface area (Å²) in [5, 5.41) is 15.3. The SMILES string of the molecule is c1ccc(-c2ccccc2-c2c3ccccc3c(-c3ccc4c(c3)sc3ccccc34)c3ccc(-c4ccc5c(-c6ccc7c(c6)sc6ccccc67)c6ccccc6c(-c6ccccc6)c5c4)cc23)cc1. The number of rotatable bonds is 6. The number of benzene rings is 13. The molecule has 15 rings (SSSR count). The molecule has 0 aliphatic carbocycles. The molecule has 0 amide bonds. The van der Waals surface area contributed by atoms with Crippen molar-refractivity contribution in [3.63, 3.8) is 0 Å². The number of thiophene rings is 2. The summed E-state index contributed by atoms with van der Waals surface area (Å²) in [6, 6.07) is 95.3. The molecule has 13 aromatic carbocycles. The Bertz CT molecular complexity index is 4670. The van der Waals surface area contributed by atoms with Crippen molar-refractivity contribution >= 4 is 106 Å². The molecule has 0 nitrogen and oxygen atoms in total. The normalized spacial score (nSPS) is 11.9. The molecule has 0 aliphatic heterocycles. The van der Waals surface area contributed by atoms with Gasteiger partial charge in [0.2, 0.25) is 0 Å². The van der Waals surface area contributed by atoms with Crippen LogP contribution < -0.4 is 0 Å². The lowest BCUT2D eigenvalue weighted by Crippen LogP contribution is -1.94. The fourth-order valence-electron chi connectivity index (χ4n) is 11.9. The zero-order valence-electron chi connectivity index (χ0n) is 39.1. The van der Waals surface area contributed by atoms with Crippen LogP contribution in [0.2, 0.25) is 0 Å². The summed E-state index contributed by atoms with van der Waals surface area (Å²) in [5.74, 6) is 0. The predicted molar refractivity (Wildman–Crippen MR) is 315 cm³/mol. The highest BCUT2D eigenvalue weighted by molar-refractivity contribution is 7.26. The molecule has 0 atom stereocenters. The zero-order chi connectivity index (χ0) is 47.3. The monoisotopic (exact) mass is 946 g/mol. The van der Waals surface area contributed by atoms with E-state index in [9.17, 15) is 0 Å². The first-order valence-corrected chi connectivity index (χ1v) is 26.4. The van der Waals surface area contributed by atoms with Crippen LogP contribution in [0.1, 0.15) is 0 Å². The Morgan fingerprint density at radius 1 is 0.167 bits per heavy atom. The first-order chi connectivity index (χ1) is 35.7. The molecule has 0 spiro atoms. The van der Waals surface area contributed by atoms with Crippen LogP contribution in [0.4, 0.5) is 0 Å². The maximum Gasteiger partial charge on any atom is 0.0361 e. The molecular formula is C70H42S2. The van der Waals surface area contributed by atoms with Gasteiger partial charge in [-0.3, -0.25) is 0 Å². The summed E-state index contributed by atoms with van der Waals surface area (Å²) in [6.07, 6.45) is 0. The van der Waals surface area contributed by atoms with Crippen LogP contribution in [-0.4, -0.2) is 0 Å². The summed E-state index contributed by atoms with van der Waals surface area (Å²) in [5.41, 5.74) is 14.8.